The van der Waals surface area contributed by atoms with Crippen molar-refractivity contribution in [2.75, 3.05) is 6.61 Å². The van der Waals surface area contributed by atoms with Gasteiger partial charge >= 0.3 is 6.09 Å². The molecule has 1 N–H and O–H groups in total. The van der Waals surface area contributed by atoms with Crippen LogP contribution < -0.4 is 10.1 Å². The third-order valence-electron chi connectivity index (χ3n) is 6.03. The summed E-state index contributed by atoms with van der Waals surface area (Å²) in [6.45, 7) is 12.2. The molecule has 0 radical (unpaired) electrons. The van der Waals surface area contributed by atoms with Crippen LogP contribution in [-0.2, 0) is 4.74 Å². The Labute approximate surface area is 213 Å². The Bertz CT molecular complexity index is 1370. The number of carbonyl (C=O) groups excluding carboxylic acids is 1. The summed E-state index contributed by atoms with van der Waals surface area (Å²) in [4.78, 5) is 17.1. The van der Waals surface area contributed by atoms with Crippen molar-refractivity contribution in [3.05, 3.63) is 72.9 Å². The summed E-state index contributed by atoms with van der Waals surface area (Å²) in [5.74, 6) is 1.15. The summed E-state index contributed by atoms with van der Waals surface area (Å²) in [7, 11) is 0. The molecule has 0 aliphatic heterocycles. The predicted molar refractivity (Wildman–Crippen MR) is 147 cm³/mol. The Morgan fingerprint density at radius 3 is 2.19 bits per heavy atom. The van der Waals surface area contributed by atoms with Gasteiger partial charge in [-0.2, -0.15) is 0 Å². The molecule has 0 aliphatic carbocycles. The number of amides is 1. The Kier molecular flexibility index (Phi) is 7.21. The van der Waals surface area contributed by atoms with Crippen molar-refractivity contribution in [1.29, 1.82) is 0 Å². The molecule has 0 saturated heterocycles. The number of fused-ring (bicyclic) bond motifs is 2. The highest BCUT2D eigenvalue weighted by molar-refractivity contribution is 6.06. The quantitative estimate of drug-likeness (QED) is 0.291. The zero-order valence-corrected chi connectivity index (χ0v) is 22.1. The molecule has 0 saturated carbocycles. The van der Waals surface area contributed by atoms with E-state index >= 15 is 0 Å². The van der Waals surface area contributed by atoms with E-state index < -0.39 is 17.2 Å². The molecule has 36 heavy (non-hydrogen) atoms. The number of hydrogen-bond acceptors (Lipinski definition) is 4. The van der Waals surface area contributed by atoms with Crippen molar-refractivity contribution in [3.63, 3.8) is 0 Å². The number of nitrogens with one attached hydrogen (secondary N) is 1. The number of alkyl carbamates (subject to hydrolysis) is 1. The molecule has 5 nitrogen and oxygen atoms in total. The number of carbonyl (C=O) groups is 1. The van der Waals surface area contributed by atoms with Crippen LogP contribution >= 0.6 is 0 Å². The van der Waals surface area contributed by atoms with Gasteiger partial charge in [-0.15, -0.1) is 0 Å². The molecule has 0 unspecified atom stereocenters. The Morgan fingerprint density at radius 2 is 1.50 bits per heavy atom. The molecule has 0 bridgehead atoms. The van der Waals surface area contributed by atoms with Gasteiger partial charge in [-0.1, -0.05) is 62.4 Å². The van der Waals surface area contributed by atoms with Gasteiger partial charge in [-0.25, -0.2) is 4.79 Å². The van der Waals surface area contributed by atoms with Crippen molar-refractivity contribution in [3.8, 4) is 16.9 Å². The van der Waals surface area contributed by atoms with Crippen LogP contribution in [0, 0.1) is 5.92 Å². The monoisotopic (exact) mass is 484 g/mol. The molecule has 1 heterocycles. The highest BCUT2D eigenvalue weighted by atomic mass is 16.6. The Morgan fingerprint density at radius 1 is 0.861 bits per heavy atom. The summed E-state index contributed by atoms with van der Waals surface area (Å²) in [6.07, 6.45) is 2.18. The van der Waals surface area contributed by atoms with Gasteiger partial charge in [0, 0.05) is 17.0 Å². The molecular weight excluding hydrogens is 448 g/mol. The number of pyridine rings is 1. The predicted octanol–water partition coefficient (Wildman–Crippen LogP) is 7.76. The normalized spacial score (nSPS) is 13.5. The molecule has 4 aromatic rings. The summed E-state index contributed by atoms with van der Waals surface area (Å²) < 4.78 is 11.9. The highest BCUT2D eigenvalue weighted by Crippen LogP contribution is 2.37. The van der Waals surface area contributed by atoms with E-state index in [0.717, 1.165) is 45.0 Å². The number of para-hydroxylation sites is 1. The Balaban J connectivity index is 1.66. The maximum Gasteiger partial charge on any atom is 0.408 e. The van der Waals surface area contributed by atoms with Gasteiger partial charge < -0.3 is 14.8 Å². The van der Waals surface area contributed by atoms with Crippen LogP contribution in [0.2, 0.25) is 0 Å². The van der Waals surface area contributed by atoms with Crippen molar-refractivity contribution in [2.45, 2.75) is 59.1 Å². The van der Waals surface area contributed by atoms with E-state index in [0.29, 0.717) is 12.5 Å². The minimum absolute atomic E-state index is 0.325. The number of ether oxygens (including phenoxy) is 2. The molecular formula is C31H36N2O3. The van der Waals surface area contributed by atoms with E-state index in [9.17, 15) is 4.79 Å². The number of rotatable bonds is 7. The zero-order chi connectivity index (χ0) is 25.9. The average Bonchev–Trinajstić information content (AvgIpc) is 2.80. The molecule has 5 heteroatoms. The van der Waals surface area contributed by atoms with Crippen LogP contribution in [0.1, 0.15) is 48.0 Å². The fraction of sp³-hybridized carbons (Fsp3) is 0.355. The van der Waals surface area contributed by atoms with Crippen molar-refractivity contribution < 1.29 is 14.3 Å². The summed E-state index contributed by atoms with van der Waals surface area (Å²) in [6, 6.07) is 22.7. The molecule has 0 aliphatic rings. The number of nitrogens with zero attached hydrogens (tertiary/aromatic N) is 1. The van der Waals surface area contributed by atoms with E-state index in [2.05, 4.69) is 54.5 Å². The molecule has 1 atom stereocenters. The smallest absolute Gasteiger partial charge is 0.408 e. The molecule has 3 aromatic carbocycles. The van der Waals surface area contributed by atoms with E-state index in [1.807, 2.05) is 70.3 Å². The van der Waals surface area contributed by atoms with E-state index in [-0.39, 0.29) is 0 Å². The zero-order valence-electron chi connectivity index (χ0n) is 22.1. The van der Waals surface area contributed by atoms with Gasteiger partial charge in [0.05, 0.1) is 11.1 Å². The number of hydrogen-bond donors (Lipinski definition) is 1. The van der Waals surface area contributed by atoms with Gasteiger partial charge in [-0.05, 0) is 74.7 Å². The lowest BCUT2D eigenvalue weighted by atomic mass is 9.91. The first kappa shape index (κ1) is 25.5. The molecule has 1 aromatic heterocycles. The minimum Gasteiger partial charge on any atom is -0.491 e. The second-order valence-corrected chi connectivity index (χ2v) is 11.1. The number of aromatic nitrogens is 1. The van der Waals surface area contributed by atoms with E-state index in [1.165, 1.54) is 0 Å². The maximum absolute atomic E-state index is 12.6. The van der Waals surface area contributed by atoms with E-state index in [4.69, 9.17) is 9.47 Å². The van der Waals surface area contributed by atoms with Crippen LogP contribution in [0.4, 0.5) is 4.79 Å². The fourth-order valence-corrected chi connectivity index (χ4v) is 4.80. The molecule has 4 rings (SSSR count). The highest BCUT2D eigenvalue weighted by Gasteiger charge is 2.31. The van der Waals surface area contributed by atoms with Gasteiger partial charge in [0.15, 0.2) is 0 Å². The van der Waals surface area contributed by atoms with Gasteiger partial charge in [0.1, 0.15) is 18.0 Å². The second-order valence-electron chi connectivity index (χ2n) is 11.1. The SMILES string of the molecule is CC(C)C[C@@](C)(COc1ccc(-c2ccnc3ccccc23)c2ccccc12)NC(=O)OC(C)(C)C. The summed E-state index contributed by atoms with van der Waals surface area (Å²) in [5.41, 5.74) is 2.09. The van der Waals surface area contributed by atoms with Crippen LogP contribution in [0.5, 0.6) is 5.75 Å². The van der Waals surface area contributed by atoms with E-state index in [1.54, 1.807) is 0 Å². The Hall–Kier alpha value is -3.60. The lowest BCUT2D eigenvalue weighted by Crippen LogP contribution is -2.52. The maximum atomic E-state index is 12.6. The standard InChI is InChI=1S/C31H36N2O3/c1-21(2)19-31(6,33-29(34)36-30(3,4)5)20-35-28-16-15-23(22-11-7-8-13-26(22)28)24-17-18-32-27-14-10-9-12-25(24)27/h7-18,21H,19-20H2,1-6H3,(H,33,34)/t31-/m0/s1. The van der Waals surface area contributed by atoms with Crippen molar-refractivity contribution in [1.82, 2.24) is 10.3 Å². The lowest BCUT2D eigenvalue weighted by Gasteiger charge is -2.33. The topological polar surface area (TPSA) is 60.5 Å². The van der Waals surface area contributed by atoms with Crippen molar-refractivity contribution in [2.24, 2.45) is 5.92 Å². The summed E-state index contributed by atoms with van der Waals surface area (Å²) >= 11 is 0. The third kappa shape index (κ3) is 5.96. The first-order chi connectivity index (χ1) is 17.0. The van der Waals surface area contributed by atoms with Crippen LogP contribution in [-0.4, -0.2) is 28.8 Å². The van der Waals surface area contributed by atoms with Gasteiger partial charge in [0.2, 0.25) is 0 Å². The fourth-order valence-electron chi connectivity index (χ4n) is 4.80. The lowest BCUT2D eigenvalue weighted by molar-refractivity contribution is 0.0408. The largest absolute Gasteiger partial charge is 0.491 e. The third-order valence-corrected chi connectivity index (χ3v) is 6.03. The molecule has 1 amide bonds. The minimum atomic E-state index is -0.586. The van der Waals surface area contributed by atoms with Crippen LogP contribution in [0.15, 0.2) is 72.9 Å². The van der Waals surface area contributed by atoms with Gasteiger partial charge in [-0.3, -0.25) is 4.98 Å². The molecule has 0 spiro atoms. The van der Waals surface area contributed by atoms with Crippen molar-refractivity contribution >= 4 is 27.8 Å². The molecule has 188 valence electrons. The van der Waals surface area contributed by atoms with Crippen LogP contribution in [0.3, 0.4) is 0 Å². The second kappa shape index (κ2) is 10.2. The molecule has 0 fully saturated rings. The van der Waals surface area contributed by atoms with Crippen LogP contribution in [0.25, 0.3) is 32.8 Å². The number of benzene rings is 3. The first-order valence-electron chi connectivity index (χ1n) is 12.5. The average molecular weight is 485 g/mol. The first-order valence-corrected chi connectivity index (χ1v) is 12.5. The summed E-state index contributed by atoms with van der Waals surface area (Å²) in [5, 5.41) is 6.32. The van der Waals surface area contributed by atoms with Gasteiger partial charge in [0.25, 0.3) is 0 Å².